The third-order valence-electron chi connectivity index (χ3n) is 4.38. The first-order valence-corrected chi connectivity index (χ1v) is 11.3. The van der Waals surface area contributed by atoms with Crippen LogP contribution in [0.3, 0.4) is 0 Å². The molecule has 0 unspecified atom stereocenters. The average Bonchev–Trinajstić information content (AvgIpc) is 3.19. The van der Waals surface area contributed by atoms with Crippen molar-refractivity contribution in [1.82, 2.24) is 9.29 Å². The number of morpholine rings is 1. The molecule has 1 aliphatic rings. The Morgan fingerprint density at radius 3 is 2.53 bits per heavy atom. The first-order valence-electron chi connectivity index (χ1n) is 9.02. The van der Waals surface area contributed by atoms with Gasteiger partial charge in [-0.25, -0.2) is 18.2 Å². The highest BCUT2D eigenvalue weighted by Crippen LogP contribution is 2.21. The number of thiazole rings is 1. The highest BCUT2D eigenvalue weighted by Gasteiger charge is 2.27. The monoisotopic (exact) mass is 449 g/mol. The third-order valence-corrected chi connectivity index (χ3v) is 7.32. The standard InChI is InChI=1S/C19H19N3O6S2/c1-13-12-29-18(21-13)16(10-20)17(23)11-28-19(24)14-2-4-15(5-3-14)30(25,26)22-6-8-27-9-7-22/h2-5,12,16H,6-9,11H2,1H3/t16-/m1/s1. The second kappa shape index (κ2) is 9.44. The molecule has 0 amide bonds. The SMILES string of the molecule is Cc1csc([C@H](C#N)C(=O)COC(=O)c2ccc(S(=O)(=O)N3CCOCC3)cc2)n1. The summed E-state index contributed by atoms with van der Waals surface area (Å²) in [6.45, 7) is 2.38. The van der Waals surface area contributed by atoms with E-state index in [1.165, 1.54) is 39.9 Å². The summed E-state index contributed by atoms with van der Waals surface area (Å²) in [5.41, 5.74) is 0.800. The molecular formula is C19H19N3O6S2. The summed E-state index contributed by atoms with van der Waals surface area (Å²) in [5, 5.41) is 11.3. The largest absolute Gasteiger partial charge is 0.454 e. The van der Waals surface area contributed by atoms with Gasteiger partial charge in [0.05, 0.1) is 29.7 Å². The van der Waals surface area contributed by atoms with Crippen LogP contribution in [0.25, 0.3) is 0 Å². The lowest BCUT2D eigenvalue weighted by molar-refractivity contribution is -0.122. The number of ketones is 1. The van der Waals surface area contributed by atoms with Gasteiger partial charge in [0.15, 0.2) is 18.3 Å². The molecule has 0 radical (unpaired) electrons. The summed E-state index contributed by atoms with van der Waals surface area (Å²) in [6.07, 6.45) is 0. The normalized spacial score (nSPS) is 15.9. The Kier molecular flexibility index (Phi) is 6.94. The number of carbonyl (C=O) groups is 2. The van der Waals surface area contributed by atoms with Crippen LogP contribution in [0.1, 0.15) is 27.0 Å². The molecule has 1 aromatic heterocycles. The molecular weight excluding hydrogens is 430 g/mol. The van der Waals surface area contributed by atoms with Crippen LogP contribution in [0.5, 0.6) is 0 Å². The van der Waals surface area contributed by atoms with E-state index in [0.717, 1.165) is 0 Å². The molecule has 0 bridgehead atoms. The summed E-state index contributed by atoms with van der Waals surface area (Å²) in [4.78, 5) is 28.7. The Bertz CT molecular complexity index is 1070. The van der Waals surface area contributed by atoms with Crippen LogP contribution >= 0.6 is 11.3 Å². The third kappa shape index (κ3) is 4.91. The predicted molar refractivity (Wildman–Crippen MR) is 107 cm³/mol. The summed E-state index contributed by atoms with van der Waals surface area (Å²) in [5.74, 6) is -2.46. The number of rotatable bonds is 7. The minimum atomic E-state index is -3.67. The topological polar surface area (TPSA) is 127 Å². The first-order chi connectivity index (χ1) is 14.3. The Hall–Kier alpha value is -2.65. The second-order valence-electron chi connectivity index (χ2n) is 6.47. The molecule has 9 nitrogen and oxygen atoms in total. The van der Waals surface area contributed by atoms with E-state index in [-0.39, 0.29) is 23.5 Å². The van der Waals surface area contributed by atoms with E-state index in [2.05, 4.69) is 4.98 Å². The van der Waals surface area contributed by atoms with Gasteiger partial charge in [0.2, 0.25) is 10.0 Å². The molecule has 0 spiro atoms. The van der Waals surface area contributed by atoms with Gasteiger partial charge in [-0.1, -0.05) is 0 Å². The fraction of sp³-hybridized carbons (Fsp3) is 0.368. The van der Waals surface area contributed by atoms with Gasteiger partial charge in [-0.2, -0.15) is 9.57 Å². The lowest BCUT2D eigenvalue weighted by Crippen LogP contribution is -2.40. The fourth-order valence-electron chi connectivity index (χ4n) is 2.77. The van der Waals surface area contributed by atoms with Crippen LogP contribution in [0.15, 0.2) is 34.5 Å². The highest BCUT2D eigenvalue weighted by atomic mass is 32.2. The highest BCUT2D eigenvalue weighted by molar-refractivity contribution is 7.89. The van der Waals surface area contributed by atoms with E-state index in [0.29, 0.717) is 23.9 Å². The maximum atomic E-state index is 12.6. The maximum absolute atomic E-state index is 12.6. The van der Waals surface area contributed by atoms with Gasteiger partial charge in [-0.15, -0.1) is 11.3 Å². The van der Waals surface area contributed by atoms with Gasteiger partial charge in [0.1, 0.15) is 5.01 Å². The molecule has 1 aliphatic heterocycles. The van der Waals surface area contributed by atoms with E-state index >= 15 is 0 Å². The summed E-state index contributed by atoms with van der Waals surface area (Å²) in [7, 11) is -3.67. The quantitative estimate of drug-likeness (QED) is 0.582. The molecule has 1 atom stereocenters. The zero-order valence-corrected chi connectivity index (χ0v) is 17.7. The van der Waals surface area contributed by atoms with Crippen molar-refractivity contribution >= 4 is 33.1 Å². The number of Topliss-reactive ketones (excluding diaryl/α,β-unsaturated/α-hetero) is 1. The molecule has 1 saturated heterocycles. The number of aryl methyl sites for hydroxylation is 1. The van der Waals surface area contributed by atoms with Crippen molar-refractivity contribution in [2.75, 3.05) is 32.9 Å². The first kappa shape index (κ1) is 22.0. The van der Waals surface area contributed by atoms with Crippen LogP contribution < -0.4 is 0 Å². The minimum Gasteiger partial charge on any atom is -0.454 e. The van der Waals surface area contributed by atoms with Crippen molar-refractivity contribution < 1.29 is 27.5 Å². The predicted octanol–water partition coefficient (Wildman–Crippen LogP) is 1.51. The average molecular weight is 450 g/mol. The van der Waals surface area contributed by atoms with E-state index in [1.54, 1.807) is 12.3 Å². The molecule has 0 aliphatic carbocycles. The molecule has 3 rings (SSSR count). The number of sulfonamides is 1. The number of nitrogens with zero attached hydrogens (tertiary/aromatic N) is 3. The van der Waals surface area contributed by atoms with E-state index in [1.807, 2.05) is 6.07 Å². The van der Waals surface area contributed by atoms with E-state index < -0.39 is 34.3 Å². The minimum absolute atomic E-state index is 0.0562. The van der Waals surface area contributed by atoms with Crippen molar-refractivity contribution in [3.05, 3.63) is 45.9 Å². The van der Waals surface area contributed by atoms with Crippen molar-refractivity contribution in [2.45, 2.75) is 17.7 Å². The van der Waals surface area contributed by atoms with E-state index in [9.17, 15) is 23.3 Å². The van der Waals surface area contributed by atoms with Crippen molar-refractivity contribution in [1.29, 1.82) is 5.26 Å². The van der Waals surface area contributed by atoms with Gasteiger partial charge >= 0.3 is 5.97 Å². The molecule has 2 heterocycles. The number of esters is 1. The number of nitriles is 1. The Morgan fingerprint density at radius 1 is 1.30 bits per heavy atom. The van der Waals surface area contributed by atoms with Gasteiger partial charge < -0.3 is 9.47 Å². The lowest BCUT2D eigenvalue weighted by atomic mass is 10.1. The van der Waals surface area contributed by atoms with Crippen molar-refractivity contribution in [3.8, 4) is 6.07 Å². The van der Waals surface area contributed by atoms with Crippen LogP contribution in [0, 0.1) is 18.3 Å². The van der Waals surface area contributed by atoms with Crippen molar-refractivity contribution in [2.24, 2.45) is 0 Å². The summed E-state index contributed by atoms with van der Waals surface area (Å²) < 4.78 is 36.7. The Labute approximate surface area is 177 Å². The number of ether oxygens (including phenoxy) is 2. The molecule has 0 saturated carbocycles. The molecule has 0 N–H and O–H groups in total. The smallest absolute Gasteiger partial charge is 0.338 e. The van der Waals surface area contributed by atoms with Crippen LogP contribution in [0.4, 0.5) is 0 Å². The number of aromatic nitrogens is 1. The Balaban J connectivity index is 1.62. The molecule has 11 heteroatoms. The van der Waals surface area contributed by atoms with Gasteiger partial charge in [-0.3, -0.25) is 4.79 Å². The van der Waals surface area contributed by atoms with Gasteiger partial charge in [0, 0.05) is 24.2 Å². The molecule has 1 fully saturated rings. The Morgan fingerprint density at radius 2 is 1.97 bits per heavy atom. The zero-order chi connectivity index (χ0) is 21.7. The lowest BCUT2D eigenvalue weighted by Gasteiger charge is -2.26. The number of hydrogen-bond donors (Lipinski definition) is 0. The van der Waals surface area contributed by atoms with Crippen molar-refractivity contribution in [3.63, 3.8) is 0 Å². The fourth-order valence-corrected chi connectivity index (χ4v) is 5.04. The molecule has 2 aromatic rings. The second-order valence-corrected chi connectivity index (χ2v) is 9.30. The van der Waals surface area contributed by atoms with Crippen LogP contribution in [-0.2, 0) is 24.3 Å². The summed E-state index contributed by atoms with van der Waals surface area (Å²) in [6, 6.07) is 7.17. The molecule has 30 heavy (non-hydrogen) atoms. The number of hydrogen-bond acceptors (Lipinski definition) is 9. The molecule has 158 valence electrons. The summed E-state index contributed by atoms with van der Waals surface area (Å²) >= 11 is 1.19. The van der Waals surface area contributed by atoms with Gasteiger partial charge in [0.25, 0.3) is 0 Å². The van der Waals surface area contributed by atoms with Crippen LogP contribution in [-0.4, -0.2) is 62.4 Å². The number of benzene rings is 1. The van der Waals surface area contributed by atoms with E-state index in [4.69, 9.17) is 9.47 Å². The zero-order valence-electron chi connectivity index (χ0n) is 16.1. The molecule has 1 aromatic carbocycles. The maximum Gasteiger partial charge on any atom is 0.338 e. The van der Waals surface area contributed by atoms with Crippen LogP contribution in [0.2, 0.25) is 0 Å². The number of carbonyl (C=O) groups excluding carboxylic acids is 2. The van der Waals surface area contributed by atoms with Gasteiger partial charge in [-0.05, 0) is 31.2 Å².